The summed E-state index contributed by atoms with van der Waals surface area (Å²) in [7, 11) is 0. The lowest BCUT2D eigenvalue weighted by atomic mass is 10.1. The summed E-state index contributed by atoms with van der Waals surface area (Å²) in [4.78, 5) is 14.8. The van der Waals surface area contributed by atoms with Gasteiger partial charge < -0.3 is 30.7 Å². The van der Waals surface area contributed by atoms with Crippen molar-refractivity contribution in [3.05, 3.63) is 6.33 Å². The molecule has 0 bridgehead atoms. The highest BCUT2D eigenvalue weighted by molar-refractivity contribution is 5.84. The van der Waals surface area contributed by atoms with Crippen LogP contribution >= 0.6 is 0 Å². The van der Waals surface area contributed by atoms with Crippen molar-refractivity contribution in [3.63, 3.8) is 0 Å². The average molecular weight is 336 g/mol. The number of nitrogens with two attached hydrogens (primary N) is 1. The number of nitrogen functional groups attached to an aromatic ring is 1. The van der Waals surface area contributed by atoms with Crippen LogP contribution in [-0.4, -0.2) is 72.8 Å². The molecule has 2 fully saturated rings. The molecule has 2 aliphatic heterocycles. The van der Waals surface area contributed by atoms with E-state index >= 15 is 0 Å². The maximum atomic E-state index is 10.4. The number of aromatic nitrogens is 4. The van der Waals surface area contributed by atoms with Gasteiger partial charge in [0.25, 0.3) is 0 Å². The number of ether oxygens (including phenoxy) is 1. The topological polar surface area (TPSA) is 143 Å². The molecule has 2 unspecified atom stereocenters. The molecule has 130 valence electrons. The van der Waals surface area contributed by atoms with E-state index in [-0.39, 0.29) is 5.82 Å². The molecule has 2 aromatic rings. The predicted molar refractivity (Wildman–Crippen MR) is 84.2 cm³/mol. The average Bonchev–Trinajstić information content (AvgIpc) is 3.27. The summed E-state index contributed by atoms with van der Waals surface area (Å²) >= 11 is 0. The summed E-state index contributed by atoms with van der Waals surface area (Å²) in [5.41, 5.74) is 6.77. The second-order valence-corrected chi connectivity index (χ2v) is 6.14. The van der Waals surface area contributed by atoms with Crippen LogP contribution in [0, 0.1) is 0 Å². The molecule has 4 rings (SSSR count). The number of imidazole rings is 1. The van der Waals surface area contributed by atoms with Crippen LogP contribution < -0.4 is 10.6 Å². The van der Waals surface area contributed by atoms with Gasteiger partial charge in [-0.2, -0.15) is 0 Å². The minimum atomic E-state index is -1.21. The molecule has 0 aromatic carbocycles. The number of fused-ring (bicyclic) bond motifs is 1. The van der Waals surface area contributed by atoms with Gasteiger partial charge in [0.15, 0.2) is 23.2 Å². The van der Waals surface area contributed by atoms with E-state index in [4.69, 9.17) is 10.5 Å². The summed E-state index contributed by atoms with van der Waals surface area (Å²) < 4.78 is 7.31. The second kappa shape index (κ2) is 5.81. The molecule has 5 N–H and O–H groups in total. The zero-order chi connectivity index (χ0) is 16.8. The third-order valence-electron chi connectivity index (χ3n) is 4.65. The van der Waals surface area contributed by atoms with Crippen LogP contribution in [0.4, 0.5) is 11.8 Å². The van der Waals surface area contributed by atoms with E-state index in [0.29, 0.717) is 17.1 Å². The Hall–Kier alpha value is -2.01. The molecule has 2 aliphatic rings. The van der Waals surface area contributed by atoms with Crippen LogP contribution in [0.5, 0.6) is 0 Å². The predicted octanol–water partition coefficient (Wildman–Crippen LogP) is -1.38. The Morgan fingerprint density at radius 3 is 2.62 bits per heavy atom. The zero-order valence-electron chi connectivity index (χ0n) is 13.0. The molecule has 0 aliphatic carbocycles. The normalized spacial score (nSPS) is 30.5. The number of aliphatic hydroxyl groups is 3. The minimum Gasteiger partial charge on any atom is -0.394 e. The molecular weight excluding hydrogens is 316 g/mol. The van der Waals surface area contributed by atoms with Gasteiger partial charge >= 0.3 is 0 Å². The molecule has 10 nitrogen and oxygen atoms in total. The summed E-state index contributed by atoms with van der Waals surface area (Å²) in [5.74, 6) is 0.815. The first-order valence-corrected chi connectivity index (χ1v) is 7.97. The third-order valence-corrected chi connectivity index (χ3v) is 4.65. The fourth-order valence-electron chi connectivity index (χ4n) is 3.38. The number of hydrogen-bond acceptors (Lipinski definition) is 9. The molecular formula is C14H20N6O4. The molecule has 2 saturated heterocycles. The highest BCUT2D eigenvalue weighted by Gasteiger charge is 2.45. The molecule has 2 aromatic heterocycles. The lowest BCUT2D eigenvalue weighted by Gasteiger charge is -2.23. The van der Waals surface area contributed by atoms with E-state index < -0.39 is 31.1 Å². The van der Waals surface area contributed by atoms with Gasteiger partial charge in [0.05, 0.1) is 6.61 Å². The molecule has 0 spiro atoms. The molecule has 24 heavy (non-hydrogen) atoms. The Kier molecular flexibility index (Phi) is 3.76. The quantitative estimate of drug-likeness (QED) is 0.533. The van der Waals surface area contributed by atoms with Crippen molar-refractivity contribution in [2.75, 3.05) is 30.3 Å². The van der Waals surface area contributed by atoms with Crippen molar-refractivity contribution in [1.82, 2.24) is 19.5 Å². The highest BCUT2D eigenvalue weighted by Crippen LogP contribution is 2.36. The Bertz CT molecular complexity index is 746. The molecule has 10 heteroatoms. The van der Waals surface area contributed by atoms with Crippen LogP contribution in [0.1, 0.15) is 19.1 Å². The van der Waals surface area contributed by atoms with Crippen molar-refractivity contribution in [2.24, 2.45) is 0 Å². The van der Waals surface area contributed by atoms with Crippen LogP contribution in [0.15, 0.2) is 6.33 Å². The Balaban J connectivity index is 1.86. The van der Waals surface area contributed by atoms with Gasteiger partial charge in [0.2, 0.25) is 5.95 Å². The Morgan fingerprint density at radius 2 is 1.96 bits per heavy atom. The maximum Gasteiger partial charge on any atom is 0.210 e. The van der Waals surface area contributed by atoms with E-state index in [1.165, 1.54) is 6.33 Å². The van der Waals surface area contributed by atoms with Gasteiger partial charge in [-0.1, -0.05) is 0 Å². The summed E-state index contributed by atoms with van der Waals surface area (Å²) in [6.45, 7) is 1.26. The Morgan fingerprint density at radius 1 is 1.21 bits per heavy atom. The summed E-state index contributed by atoms with van der Waals surface area (Å²) in [6.07, 6.45) is -0.772. The fraction of sp³-hybridized carbons (Fsp3) is 0.643. The first kappa shape index (κ1) is 15.5. The molecule has 0 radical (unpaired) electrons. The molecule has 4 heterocycles. The van der Waals surface area contributed by atoms with Gasteiger partial charge in [-0.3, -0.25) is 4.57 Å². The zero-order valence-corrected chi connectivity index (χ0v) is 13.0. The number of anilines is 2. The van der Waals surface area contributed by atoms with Crippen molar-refractivity contribution in [1.29, 1.82) is 0 Å². The fourth-order valence-corrected chi connectivity index (χ4v) is 3.38. The lowest BCUT2D eigenvalue weighted by molar-refractivity contribution is -0.0504. The summed E-state index contributed by atoms with van der Waals surface area (Å²) in [6, 6.07) is 0. The van der Waals surface area contributed by atoms with Crippen LogP contribution in [0.25, 0.3) is 11.2 Å². The molecule has 0 amide bonds. The maximum absolute atomic E-state index is 10.4. The largest absolute Gasteiger partial charge is 0.394 e. The number of hydrogen-bond donors (Lipinski definition) is 4. The first-order valence-electron chi connectivity index (χ1n) is 7.97. The van der Waals surface area contributed by atoms with Gasteiger partial charge in [-0.05, 0) is 12.8 Å². The minimum absolute atomic E-state index is 0.242. The smallest absolute Gasteiger partial charge is 0.210 e. The SMILES string of the molecule is Nc1ncnc2c1nc(N1CCCC1)n2[C@@H]1O[C@H](CO)C(O)C1O. The van der Waals surface area contributed by atoms with Crippen molar-refractivity contribution in [3.8, 4) is 0 Å². The first-order chi connectivity index (χ1) is 11.6. The van der Waals surface area contributed by atoms with Crippen LogP contribution in [0.3, 0.4) is 0 Å². The van der Waals surface area contributed by atoms with Crippen molar-refractivity contribution < 1.29 is 20.1 Å². The monoisotopic (exact) mass is 336 g/mol. The van der Waals surface area contributed by atoms with Crippen molar-refractivity contribution >= 4 is 22.9 Å². The number of nitrogens with zero attached hydrogens (tertiary/aromatic N) is 5. The van der Waals surface area contributed by atoms with E-state index in [9.17, 15) is 15.3 Å². The van der Waals surface area contributed by atoms with Crippen LogP contribution in [-0.2, 0) is 4.74 Å². The molecule has 0 saturated carbocycles. The van der Waals surface area contributed by atoms with Gasteiger partial charge in [-0.15, -0.1) is 0 Å². The van der Waals surface area contributed by atoms with E-state index in [1.54, 1.807) is 4.57 Å². The van der Waals surface area contributed by atoms with E-state index in [0.717, 1.165) is 25.9 Å². The number of rotatable bonds is 3. The van der Waals surface area contributed by atoms with Gasteiger partial charge in [-0.25, -0.2) is 15.0 Å². The third kappa shape index (κ3) is 2.22. The highest BCUT2D eigenvalue weighted by atomic mass is 16.6. The van der Waals surface area contributed by atoms with E-state index in [2.05, 4.69) is 19.9 Å². The standard InChI is InChI=1S/C14H20N6O4/c15-11-8-12(17-6-16-11)20(14(18-8)19-3-1-2-4-19)13-10(23)9(22)7(5-21)24-13/h6-7,9-10,13,21-23H,1-5H2,(H2,15,16,17)/t7-,9?,10?,13-/m1/s1. The number of aliphatic hydroxyl groups excluding tert-OH is 3. The van der Waals surface area contributed by atoms with Gasteiger partial charge in [0, 0.05) is 13.1 Å². The van der Waals surface area contributed by atoms with E-state index in [1.807, 2.05) is 0 Å². The lowest BCUT2D eigenvalue weighted by Crippen LogP contribution is -2.34. The Labute approximate surface area is 137 Å². The second-order valence-electron chi connectivity index (χ2n) is 6.14. The van der Waals surface area contributed by atoms with Gasteiger partial charge in [0.1, 0.15) is 24.6 Å². The molecule has 4 atom stereocenters. The van der Waals surface area contributed by atoms with Crippen molar-refractivity contribution in [2.45, 2.75) is 37.4 Å². The summed E-state index contributed by atoms with van der Waals surface area (Å²) in [5, 5.41) is 29.8. The van der Waals surface area contributed by atoms with Crippen LogP contribution in [0.2, 0.25) is 0 Å².